The third kappa shape index (κ3) is 38.7. The smallest absolute Gasteiger partial charge is 0.472 e. The number of hydrogen-bond acceptors (Lipinski definition) is 10. The second kappa shape index (κ2) is 38.9. The molecule has 2 unspecified atom stereocenters. The quantitative estimate of drug-likeness (QED) is 0.0150. The molecule has 0 spiro atoms. The van der Waals surface area contributed by atoms with Gasteiger partial charge in [0, 0.05) is 12.8 Å². The van der Waals surface area contributed by atoms with Gasteiger partial charge in [0.05, 0.1) is 19.3 Å². The zero-order valence-electron chi connectivity index (χ0n) is 35.3. The first kappa shape index (κ1) is 54.4. The monoisotopic (exact) mass is 828 g/mol. The zero-order valence-corrected chi connectivity index (χ0v) is 36.2. The lowest BCUT2D eigenvalue weighted by Crippen LogP contribution is -2.34. The molecule has 0 amide bonds. The fourth-order valence-corrected chi connectivity index (χ4v) is 6.46. The van der Waals surface area contributed by atoms with Gasteiger partial charge in [-0.05, 0) is 64.2 Å². The standard InChI is InChI=1S/C44H78NO11P/c1-3-5-7-8-9-10-11-12-13-14-15-16-17-20-24-27-31-35-43(48)56-40(37-54-57(51,52)55-38-41(45)44(49)50)36-53-42(47)34-30-26-23-21-18-19-22-25-29-33-39(46)32-28-6-4-2/h6,12-13,22,25,28-29,33,39-41,46H,3-5,7-11,14-21,23-24,26-27,30-32,34-38,45H2,1-2H3,(H,49,50)(H,51,52)/b13-12-,25-22+,28-6+,33-29+/t39?,40-,41+/m1/s1. The lowest BCUT2D eigenvalue weighted by atomic mass is 10.1. The molecule has 0 saturated heterocycles. The van der Waals surface area contributed by atoms with Crippen LogP contribution >= 0.6 is 7.82 Å². The molecule has 57 heavy (non-hydrogen) atoms. The number of ether oxygens (including phenoxy) is 2. The van der Waals surface area contributed by atoms with Gasteiger partial charge in [-0.1, -0.05) is 146 Å². The summed E-state index contributed by atoms with van der Waals surface area (Å²) in [6.07, 6.45) is 39.3. The first-order valence-corrected chi connectivity index (χ1v) is 23.3. The summed E-state index contributed by atoms with van der Waals surface area (Å²) < 4.78 is 32.6. The Kier molecular flexibility index (Phi) is 37.1. The molecule has 0 radical (unpaired) electrons. The highest BCUT2D eigenvalue weighted by Crippen LogP contribution is 2.43. The number of aliphatic carboxylic acids is 1. The van der Waals surface area contributed by atoms with E-state index in [0.29, 0.717) is 19.3 Å². The highest BCUT2D eigenvalue weighted by molar-refractivity contribution is 7.47. The molecule has 0 saturated carbocycles. The van der Waals surface area contributed by atoms with Gasteiger partial charge < -0.3 is 30.3 Å². The number of phosphoric ester groups is 1. The van der Waals surface area contributed by atoms with E-state index < -0.39 is 57.2 Å². The van der Waals surface area contributed by atoms with Crippen LogP contribution in [-0.2, 0) is 37.5 Å². The molecule has 13 heteroatoms. The van der Waals surface area contributed by atoms with Gasteiger partial charge in [-0.2, -0.15) is 0 Å². The van der Waals surface area contributed by atoms with Crippen molar-refractivity contribution in [3.05, 3.63) is 48.6 Å². The van der Waals surface area contributed by atoms with E-state index in [1.807, 2.05) is 24.3 Å². The van der Waals surface area contributed by atoms with Crippen LogP contribution in [0.1, 0.15) is 174 Å². The average Bonchev–Trinajstić information content (AvgIpc) is 3.18. The first-order valence-electron chi connectivity index (χ1n) is 21.8. The van der Waals surface area contributed by atoms with Crippen molar-refractivity contribution in [1.82, 2.24) is 0 Å². The Bertz CT molecular complexity index is 1170. The highest BCUT2D eigenvalue weighted by Gasteiger charge is 2.28. The lowest BCUT2D eigenvalue weighted by molar-refractivity contribution is -0.161. The molecular weight excluding hydrogens is 749 g/mol. The fourth-order valence-electron chi connectivity index (χ4n) is 5.68. The van der Waals surface area contributed by atoms with Crippen LogP contribution in [0.4, 0.5) is 0 Å². The molecule has 0 aromatic carbocycles. The predicted molar refractivity (Wildman–Crippen MR) is 228 cm³/mol. The van der Waals surface area contributed by atoms with Crippen LogP contribution in [0.3, 0.4) is 0 Å². The third-order valence-corrected chi connectivity index (χ3v) is 10.1. The molecule has 330 valence electrons. The number of carbonyl (C=O) groups excluding carboxylic acids is 2. The number of carbonyl (C=O) groups is 3. The number of rotatable bonds is 40. The fraction of sp³-hybridized carbons (Fsp3) is 0.750. The Morgan fingerprint density at radius 3 is 1.70 bits per heavy atom. The van der Waals surface area contributed by atoms with Gasteiger partial charge in [0.25, 0.3) is 0 Å². The topological polar surface area (TPSA) is 192 Å². The first-order chi connectivity index (χ1) is 27.5. The molecule has 0 aromatic heterocycles. The molecule has 0 bridgehead atoms. The summed E-state index contributed by atoms with van der Waals surface area (Å²) in [5.41, 5.74) is 5.33. The molecule has 0 aliphatic rings. The minimum atomic E-state index is -4.73. The van der Waals surface area contributed by atoms with Crippen molar-refractivity contribution in [2.45, 2.75) is 193 Å². The molecule has 0 aliphatic heterocycles. The van der Waals surface area contributed by atoms with Crippen LogP contribution in [0.2, 0.25) is 0 Å². The molecule has 12 nitrogen and oxygen atoms in total. The molecule has 0 fully saturated rings. The zero-order chi connectivity index (χ0) is 42.2. The maximum atomic E-state index is 12.6. The molecule has 5 N–H and O–H groups in total. The van der Waals surface area contributed by atoms with E-state index in [1.165, 1.54) is 57.8 Å². The Hall–Kier alpha value is -2.60. The van der Waals surface area contributed by atoms with E-state index in [9.17, 15) is 28.9 Å². The summed E-state index contributed by atoms with van der Waals surface area (Å²) in [6.45, 7) is 2.55. The highest BCUT2D eigenvalue weighted by atomic mass is 31.2. The normalized spacial score (nSPS) is 14.8. The largest absolute Gasteiger partial charge is 0.480 e. The van der Waals surface area contributed by atoms with E-state index in [-0.39, 0.29) is 19.4 Å². The number of carboxylic acid groups (broad SMARTS) is 1. The van der Waals surface area contributed by atoms with Crippen LogP contribution in [0.25, 0.3) is 0 Å². The van der Waals surface area contributed by atoms with Crippen molar-refractivity contribution in [3.8, 4) is 0 Å². The van der Waals surface area contributed by atoms with Crippen molar-refractivity contribution < 1.29 is 52.6 Å². The van der Waals surface area contributed by atoms with Crippen molar-refractivity contribution in [2.75, 3.05) is 19.8 Å². The molecule has 4 atom stereocenters. The summed E-state index contributed by atoms with van der Waals surface area (Å²) in [7, 11) is -4.73. The Labute approximate surface area is 344 Å². The van der Waals surface area contributed by atoms with Gasteiger partial charge in [-0.25, -0.2) is 4.57 Å². The number of nitrogens with two attached hydrogens (primary N) is 1. The molecule has 0 aromatic rings. The molecule has 0 rings (SSSR count). The minimum absolute atomic E-state index is 0.140. The molecular formula is C44H78NO11P. The summed E-state index contributed by atoms with van der Waals surface area (Å²) >= 11 is 0. The number of aliphatic hydroxyl groups is 1. The summed E-state index contributed by atoms with van der Waals surface area (Å²) in [4.78, 5) is 45.9. The number of allylic oxidation sites excluding steroid dienone is 6. The summed E-state index contributed by atoms with van der Waals surface area (Å²) in [5, 5.41) is 18.7. The minimum Gasteiger partial charge on any atom is -0.480 e. The maximum Gasteiger partial charge on any atom is 0.472 e. The predicted octanol–water partition coefficient (Wildman–Crippen LogP) is 10.4. The van der Waals surface area contributed by atoms with E-state index in [4.69, 9.17) is 24.8 Å². The Morgan fingerprint density at radius 1 is 0.632 bits per heavy atom. The molecule has 0 aliphatic carbocycles. The third-order valence-electron chi connectivity index (χ3n) is 9.14. The number of unbranched alkanes of at least 4 members (excludes halogenated alkanes) is 18. The summed E-state index contributed by atoms with van der Waals surface area (Å²) in [5.74, 6) is -2.45. The van der Waals surface area contributed by atoms with Crippen LogP contribution in [0.15, 0.2) is 48.6 Å². The summed E-state index contributed by atoms with van der Waals surface area (Å²) in [6, 6.07) is -1.53. The van der Waals surface area contributed by atoms with Gasteiger partial charge in [0.1, 0.15) is 12.6 Å². The number of aliphatic hydroxyl groups excluding tert-OH is 1. The van der Waals surface area contributed by atoms with Gasteiger partial charge >= 0.3 is 25.7 Å². The van der Waals surface area contributed by atoms with E-state index >= 15 is 0 Å². The second-order valence-corrected chi connectivity index (χ2v) is 16.1. The van der Waals surface area contributed by atoms with Gasteiger partial charge in [0.2, 0.25) is 0 Å². The van der Waals surface area contributed by atoms with E-state index in [1.54, 1.807) is 6.08 Å². The van der Waals surface area contributed by atoms with Gasteiger partial charge in [0.15, 0.2) is 6.10 Å². The van der Waals surface area contributed by atoms with Crippen molar-refractivity contribution in [1.29, 1.82) is 0 Å². The number of esters is 2. The lowest BCUT2D eigenvalue weighted by Gasteiger charge is -2.20. The SMILES string of the molecule is CC/C=C/CC(O)/C=C/C=C/CCCCCCCC(=O)OC[C@H](COP(=O)(O)OC[C@H](N)C(=O)O)OC(=O)CCCCCCCCC/C=C\CCCCCCCC. The van der Waals surface area contributed by atoms with Crippen LogP contribution in [-0.4, -0.2) is 71.1 Å². The Balaban J connectivity index is 4.43. The number of phosphoric acid groups is 1. The van der Waals surface area contributed by atoms with Crippen molar-refractivity contribution in [3.63, 3.8) is 0 Å². The Morgan fingerprint density at radius 2 is 1.14 bits per heavy atom. The molecule has 0 heterocycles. The van der Waals surface area contributed by atoms with Crippen LogP contribution in [0.5, 0.6) is 0 Å². The van der Waals surface area contributed by atoms with Crippen LogP contribution in [0, 0.1) is 0 Å². The second-order valence-electron chi connectivity index (χ2n) is 14.6. The maximum absolute atomic E-state index is 12.6. The van der Waals surface area contributed by atoms with E-state index in [0.717, 1.165) is 70.6 Å². The van der Waals surface area contributed by atoms with Gasteiger partial charge in [-0.15, -0.1) is 0 Å². The number of carboxylic acids is 1. The van der Waals surface area contributed by atoms with Crippen molar-refractivity contribution >= 4 is 25.7 Å². The average molecular weight is 828 g/mol. The van der Waals surface area contributed by atoms with Crippen LogP contribution < -0.4 is 5.73 Å². The van der Waals surface area contributed by atoms with Crippen molar-refractivity contribution in [2.24, 2.45) is 5.73 Å². The number of hydrogen-bond donors (Lipinski definition) is 4. The van der Waals surface area contributed by atoms with Gasteiger partial charge in [-0.3, -0.25) is 23.4 Å². The van der Waals surface area contributed by atoms with E-state index in [2.05, 4.69) is 36.6 Å².